The Hall–Kier alpha value is -1.10. The molecule has 0 saturated carbocycles. The summed E-state index contributed by atoms with van der Waals surface area (Å²) in [4.78, 5) is 2.29. The van der Waals surface area contributed by atoms with Gasteiger partial charge in [-0.25, -0.2) is 0 Å². The molecule has 4 heteroatoms. The Morgan fingerprint density at radius 2 is 1.94 bits per heavy atom. The lowest BCUT2D eigenvalue weighted by molar-refractivity contribution is 0.0732. The first kappa shape index (κ1) is 14.0. The molecule has 0 bridgehead atoms. The van der Waals surface area contributed by atoms with E-state index in [2.05, 4.69) is 11.8 Å². The van der Waals surface area contributed by atoms with Gasteiger partial charge in [-0.15, -0.1) is 0 Å². The van der Waals surface area contributed by atoms with Gasteiger partial charge in [-0.2, -0.15) is 0 Å². The van der Waals surface area contributed by atoms with Crippen molar-refractivity contribution < 1.29 is 9.84 Å². The summed E-state index contributed by atoms with van der Waals surface area (Å²) < 4.78 is 5.26. The Morgan fingerprint density at radius 3 is 2.53 bits per heavy atom. The molecule has 0 aromatic heterocycles. The molecule has 0 unspecified atom stereocenters. The van der Waals surface area contributed by atoms with E-state index in [1.165, 1.54) is 5.56 Å². The first-order chi connectivity index (χ1) is 8.26. The topological polar surface area (TPSA) is 58.7 Å². The number of likely N-dealkylation sites (N-methyl/N-ethyl adjacent to an activating group) is 1. The number of benzene rings is 1. The van der Waals surface area contributed by atoms with Crippen molar-refractivity contribution in [2.45, 2.75) is 13.5 Å². The summed E-state index contributed by atoms with van der Waals surface area (Å²) in [5.74, 6) is 0. The van der Waals surface area contributed by atoms with Crippen molar-refractivity contribution in [3.63, 3.8) is 0 Å². The van der Waals surface area contributed by atoms with Crippen molar-refractivity contribution in [1.82, 2.24) is 4.90 Å². The molecular formula is C13H22N2O2. The standard InChI is InChI=1S/C13H22N2O2/c1-2-15(7-9-17-10-8-16)11-12-3-5-13(14)6-4-12/h3-6,16H,2,7-11,14H2,1H3. The summed E-state index contributed by atoms with van der Waals surface area (Å²) in [6.07, 6.45) is 0. The fourth-order valence-corrected chi connectivity index (χ4v) is 1.59. The summed E-state index contributed by atoms with van der Waals surface area (Å²) in [5.41, 5.74) is 7.69. The molecule has 4 nitrogen and oxygen atoms in total. The van der Waals surface area contributed by atoms with Crippen molar-refractivity contribution in [1.29, 1.82) is 0 Å². The number of hydrogen-bond acceptors (Lipinski definition) is 4. The highest BCUT2D eigenvalue weighted by Crippen LogP contribution is 2.08. The molecule has 0 aliphatic rings. The van der Waals surface area contributed by atoms with Gasteiger partial charge in [-0.05, 0) is 24.2 Å². The molecule has 1 aromatic rings. The zero-order valence-electron chi connectivity index (χ0n) is 10.4. The average Bonchev–Trinajstić information content (AvgIpc) is 2.35. The highest BCUT2D eigenvalue weighted by Gasteiger charge is 2.03. The zero-order valence-corrected chi connectivity index (χ0v) is 10.4. The second-order valence-electron chi connectivity index (χ2n) is 3.95. The minimum atomic E-state index is 0.0874. The van der Waals surface area contributed by atoms with Gasteiger partial charge in [0.2, 0.25) is 0 Å². The molecule has 3 N–H and O–H groups in total. The molecule has 0 aliphatic carbocycles. The van der Waals surface area contributed by atoms with Crippen LogP contribution in [0.25, 0.3) is 0 Å². The van der Waals surface area contributed by atoms with E-state index in [1.54, 1.807) is 0 Å². The largest absolute Gasteiger partial charge is 0.399 e. The molecule has 17 heavy (non-hydrogen) atoms. The molecule has 0 atom stereocenters. The number of anilines is 1. The molecule has 0 spiro atoms. The number of nitrogens with zero attached hydrogens (tertiary/aromatic N) is 1. The van der Waals surface area contributed by atoms with Crippen LogP contribution in [-0.4, -0.2) is 42.9 Å². The number of aliphatic hydroxyl groups is 1. The first-order valence-electron chi connectivity index (χ1n) is 6.01. The summed E-state index contributed by atoms with van der Waals surface area (Å²) >= 11 is 0. The third-order valence-corrected chi connectivity index (χ3v) is 2.62. The van der Waals surface area contributed by atoms with Crippen molar-refractivity contribution in [2.75, 3.05) is 38.6 Å². The van der Waals surface area contributed by atoms with Crippen LogP contribution in [-0.2, 0) is 11.3 Å². The van der Waals surface area contributed by atoms with E-state index in [4.69, 9.17) is 15.6 Å². The Bertz CT molecular complexity index is 301. The Balaban J connectivity index is 2.33. The maximum atomic E-state index is 8.60. The summed E-state index contributed by atoms with van der Waals surface area (Å²) in [5, 5.41) is 8.60. The fourth-order valence-electron chi connectivity index (χ4n) is 1.59. The van der Waals surface area contributed by atoms with Crippen LogP contribution in [0.15, 0.2) is 24.3 Å². The van der Waals surface area contributed by atoms with Crippen LogP contribution in [0.2, 0.25) is 0 Å². The Labute approximate surface area is 103 Å². The van der Waals surface area contributed by atoms with Crippen molar-refractivity contribution in [3.8, 4) is 0 Å². The molecule has 96 valence electrons. The SMILES string of the molecule is CCN(CCOCCO)Cc1ccc(N)cc1. The number of ether oxygens (including phenoxy) is 1. The second-order valence-corrected chi connectivity index (χ2v) is 3.95. The van der Waals surface area contributed by atoms with Gasteiger partial charge >= 0.3 is 0 Å². The van der Waals surface area contributed by atoms with Crippen LogP contribution >= 0.6 is 0 Å². The van der Waals surface area contributed by atoms with Crippen LogP contribution in [0.1, 0.15) is 12.5 Å². The highest BCUT2D eigenvalue weighted by molar-refractivity contribution is 5.39. The number of aliphatic hydroxyl groups excluding tert-OH is 1. The second kappa shape index (κ2) is 8.06. The van der Waals surface area contributed by atoms with Gasteiger partial charge in [0.1, 0.15) is 0 Å². The van der Waals surface area contributed by atoms with Gasteiger partial charge < -0.3 is 15.6 Å². The number of nitrogens with two attached hydrogens (primary N) is 1. The monoisotopic (exact) mass is 238 g/mol. The van der Waals surface area contributed by atoms with Crippen molar-refractivity contribution >= 4 is 5.69 Å². The molecular weight excluding hydrogens is 216 g/mol. The van der Waals surface area contributed by atoms with E-state index in [-0.39, 0.29) is 6.61 Å². The van der Waals surface area contributed by atoms with E-state index in [0.29, 0.717) is 13.2 Å². The summed E-state index contributed by atoms with van der Waals surface area (Å²) in [6.45, 7) is 6.04. The summed E-state index contributed by atoms with van der Waals surface area (Å²) in [7, 11) is 0. The van der Waals surface area contributed by atoms with Gasteiger partial charge in [0.05, 0.1) is 19.8 Å². The highest BCUT2D eigenvalue weighted by atomic mass is 16.5. The van der Waals surface area contributed by atoms with Gasteiger partial charge in [-0.3, -0.25) is 4.90 Å². The molecule has 0 saturated heterocycles. The Kier molecular flexibility index (Phi) is 6.62. The minimum absolute atomic E-state index is 0.0874. The molecule has 0 aliphatic heterocycles. The predicted molar refractivity (Wildman–Crippen MR) is 69.7 cm³/mol. The van der Waals surface area contributed by atoms with Gasteiger partial charge in [0.25, 0.3) is 0 Å². The number of rotatable bonds is 8. The van der Waals surface area contributed by atoms with Crippen molar-refractivity contribution in [3.05, 3.63) is 29.8 Å². The predicted octanol–water partition coefficient (Wildman–Crippen LogP) is 1.10. The van der Waals surface area contributed by atoms with Crippen LogP contribution in [0, 0.1) is 0 Å². The lowest BCUT2D eigenvalue weighted by Gasteiger charge is -2.20. The molecule has 0 radical (unpaired) electrons. The van der Waals surface area contributed by atoms with Gasteiger partial charge in [0.15, 0.2) is 0 Å². The third kappa shape index (κ3) is 5.68. The average molecular weight is 238 g/mol. The number of hydrogen-bond donors (Lipinski definition) is 2. The maximum absolute atomic E-state index is 8.60. The minimum Gasteiger partial charge on any atom is -0.399 e. The third-order valence-electron chi connectivity index (χ3n) is 2.62. The van der Waals surface area contributed by atoms with E-state index in [1.807, 2.05) is 24.3 Å². The molecule has 0 heterocycles. The van der Waals surface area contributed by atoms with Crippen LogP contribution in [0.3, 0.4) is 0 Å². The summed E-state index contributed by atoms with van der Waals surface area (Å²) in [6, 6.07) is 7.94. The smallest absolute Gasteiger partial charge is 0.0698 e. The van der Waals surface area contributed by atoms with Crippen LogP contribution in [0.4, 0.5) is 5.69 Å². The van der Waals surface area contributed by atoms with Gasteiger partial charge in [-0.1, -0.05) is 19.1 Å². The first-order valence-corrected chi connectivity index (χ1v) is 6.01. The van der Waals surface area contributed by atoms with Crippen LogP contribution in [0.5, 0.6) is 0 Å². The van der Waals surface area contributed by atoms with E-state index < -0.39 is 0 Å². The Morgan fingerprint density at radius 1 is 1.24 bits per heavy atom. The molecule has 1 rings (SSSR count). The van der Waals surface area contributed by atoms with E-state index >= 15 is 0 Å². The van der Waals surface area contributed by atoms with E-state index in [0.717, 1.165) is 25.3 Å². The maximum Gasteiger partial charge on any atom is 0.0698 e. The van der Waals surface area contributed by atoms with E-state index in [9.17, 15) is 0 Å². The fraction of sp³-hybridized carbons (Fsp3) is 0.538. The molecule has 0 fully saturated rings. The lowest BCUT2D eigenvalue weighted by atomic mass is 10.2. The molecule has 1 aromatic carbocycles. The van der Waals surface area contributed by atoms with Crippen LogP contribution < -0.4 is 5.73 Å². The lowest BCUT2D eigenvalue weighted by Crippen LogP contribution is -2.27. The quantitative estimate of drug-likeness (QED) is 0.526. The van der Waals surface area contributed by atoms with Crippen molar-refractivity contribution in [2.24, 2.45) is 0 Å². The normalized spacial score (nSPS) is 11.0. The zero-order chi connectivity index (χ0) is 12.5. The van der Waals surface area contributed by atoms with Gasteiger partial charge in [0, 0.05) is 18.8 Å². The number of nitrogen functional groups attached to an aromatic ring is 1. The molecule has 0 amide bonds.